The Morgan fingerprint density at radius 3 is 2.14 bits per heavy atom. The van der Waals surface area contributed by atoms with E-state index in [4.69, 9.17) is 0 Å². The lowest BCUT2D eigenvalue weighted by Gasteiger charge is -2.24. The summed E-state index contributed by atoms with van der Waals surface area (Å²) in [5, 5.41) is 3.10. The SMILES string of the molecule is CCc1ccc([C@@H](NC(=O)CCN2C(=O)[C@H]3CCCC[C@@H]3C2=O)C(C)C)cc1. The molecule has 0 spiro atoms. The molecule has 5 heteroatoms. The number of amides is 3. The fraction of sp³-hybridized carbons (Fsp3) is 0.609. The minimum Gasteiger partial charge on any atom is -0.349 e. The number of imide groups is 1. The first-order chi connectivity index (χ1) is 13.4. The van der Waals surface area contributed by atoms with Gasteiger partial charge in [0.15, 0.2) is 0 Å². The van der Waals surface area contributed by atoms with E-state index in [1.807, 2.05) is 0 Å². The van der Waals surface area contributed by atoms with Crippen LogP contribution < -0.4 is 5.32 Å². The van der Waals surface area contributed by atoms with E-state index in [1.54, 1.807) is 0 Å². The molecule has 1 aromatic rings. The van der Waals surface area contributed by atoms with E-state index in [0.29, 0.717) is 0 Å². The fourth-order valence-corrected chi connectivity index (χ4v) is 4.51. The van der Waals surface area contributed by atoms with E-state index in [2.05, 4.69) is 50.4 Å². The third kappa shape index (κ3) is 4.29. The number of nitrogens with zero attached hydrogens (tertiary/aromatic N) is 1. The van der Waals surface area contributed by atoms with Crippen molar-refractivity contribution in [2.45, 2.75) is 65.3 Å². The van der Waals surface area contributed by atoms with E-state index >= 15 is 0 Å². The molecule has 1 N–H and O–H groups in total. The van der Waals surface area contributed by atoms with Crippen LogP contribution in [0.25, 0.3) is 0 Å². The molecule has 0 bridgehead atoms. The average molecular weight is 385 g/mol. The first-order valence-corrected chi connectivity index (χ1v) is 10.7. The molecule has 28 heavy (non-hydrogen) atoms. The van der Waals surface area contributed by atoms with Gasteiger partial charge in [-0.05, 0) is 36.3 Å². The lowest BCUT2D eigenvalue weighted by Crippen LogP contribution is -2.37. The minimum atomic E-state index is -0.148. The maximum atomic E-state index is 12.6. The summed E-state index contributed by atoms with van der Waals surface area (Å²) < 4.78 is 0. The highest BCUT2D eigenvalue weighted by Gasteiger charge is 2.47. The molecule has 1 saturated heterocycles. The number of fused-ring (bicyclic) bond motifs is 1. The standard InChI is InChI=1S/C23H32N2O3/c1-4-16-9-11-17(12-10-16)21(15(2)3)24-20(26)13-14-25-22(27)18-7-5-6-8-19(18)23(25)28/h9-12,15,18-19,21H,4-8,13-14H2,1-3H3,(H,24,26)/t18-,19-,21-/m0/s1. The van der Waals surface area contributed by atoms with E-state index < -0.39 is 0 Å². The average Bonchev–Trinajstić information content (AvgIpc) is 2.95. The van der Waals surface area contributed by atoms with Crippen molar-refractivity contribution in [2.75, 3.05) is 6.54 Å². The van der Waals surface area contributed by atoms with Gasteiger partial charge in [-0.25, -0.2) is 0 Å². The largest absolute Gasteiger partial charge is 0.349 e. The second-order valence-electron chi connectivity index (χ2n) is 8.46. The zero-order chi connectivity index (χ0) is 20.3. The number of benzene rings is 1. The molecule has 3 rings (SSSR count). The summed E-state index contributed by atoms with van der Waals surface area (Å²) in [6.45, 7) is 6.47. The molecule has 3 amide bonds. The highest BCUT2D eigenvalue weighted by Crippen LogP contribution is 2.38. The van der Waals surface area contributed by atoms with E-state index in [0.717, 1.165) is 37.7 Å². The van der Waals surface area contributed by atoms with Gasteiger partial charge < -0.3 is 5.32 Å². The molecule has 3 atom stereocenters. The summed E-state index contributed by atoms with van der Waals surface area (Å²) in [5.74, 6) is -0.311. The van der Waals surface area contributed by atoms with Crippen molar-refractivity contribution in [1.82, 2.24) is 10.2 Å². The quantitative estimate of drug-likeness (QED) is 0.730. The van der Waals surface area contributed by atoms with Gasteiger partial charge in [0.2, 0.25) is 17.7 Å². The Balaban J connectivity index is 1.59. The van der Waals surface area contributed by atoms with E-state index in [1.165, 1.54) is 10.5 Å². The number of nitrogens with one attached hydrogen (secondary N) is 1. The van der Waals surface area contributed by atoms with Crippen LogP contribution in [-0.2, 0) is 20.8 Å². The topological polar surface area (TPSA) is 66.5 Å². The van der Waals surface area contributed by atoms with Gasteiger partial charge in [0, 0.05) is 13.0 Å². The molecule has 1 aromatic carbocycles. The predicted molar refractivity (Wildman–Crippen MR) is 108 cm³/mol. The predicted octanol–water partition coefficient (Wildman–Crippen LogP) is 3.63. The summed E-state index contributed by atoms with van der Waals surface area (Å²) in [6.07, 6.45) is 4.79. The van der Waals surface area contributed by atoms with Crippen molar-refractivity contribution in [2.24, 2.45) is 17.8 Å². The van der Waals surface area contributed by atoms with E-state index in [-0.39, 0.29) is 54.5 Å². The van der Waals surface area contributed by atoms with Gasteiger partial charge in [0.05, 0.1) is 17.9 Å². The van der Waals surface area contributed by atoms with Crippen molar-refractivity contribution < 1.29 is 14.4 Å². The van der Waals surface area contributed by atoms with Gasteiger partial charge in [-0.2, -0.15) is 0 Å². The van der Waals surface area contributed by atoms with Crippen molar-refractivity contribution in [3.8, 4) is 0 Å². The van der Waals surface area contributed by atoms with Crippen LogP contribution in [-0.4, -0.2) is 29.2 Å². The molecule has 1 aliphatic carbocycles. The normalized spacial score (nSPS) is 23.1. The Bertz CT molecular complexity index is 702. The Hall–Kier alpha value is -2.17. The molecule has 1 heterocycles. The van der Waals surface area contributed by atoms with Crippen molar-refractivity contribution in [3.63, 3.8) is 0 Å². The zero-order valence-corrected chi connectivity index (χ0v) is 17.2. The van der Waals surface area contributed by atoms with Crippen molar-refractivity contribution in [1.29, 1.82) is 0 Å². The van der Waals surface area contributed by atoms with Gasteiger partial charge in [0.1, 0.15) is 0 Å². The van der Waals surface area contributed by atoms with E-state index in [9.17, 15) is 14.4 Å². The Morgan fingerprint density at radius 1 is 1.07 bits per heavy atom. The van der Waals surface area contributed by atoms with Crippen molar-refractivity contribution >= 4 is 17.7 Å². The molecule has 2 aliphatic rings. The molecule has 0 aromatic heterocycles. The maximum absolute atomic E-state index is 12.6. The maximum Gasteiger partial charge on any atom is 0.233 e. The summed E-state index contributed by atoms with van der Waals surface area (Å²) in [7, 11) is 0. The van der Waals surface area contributed by atoms with Gasteiger partial charge >= 0.3 is 0 Å². The van der Waals surface area contributed by atoms with Crippen LogP contribution in [0.2, 0.25) is 0 Å². The summed E-state index contributed by atoms with van der Waals surface area (Å²) in [5.41, 5.74) is 2.35. The Labute approximate surface area is 167 Å². The number of aryl methyl sites for hydroxylation is 1. The number of likely N-dealkylation sites (tertiary alicyclic amines) is 1. The highest BCUT2D eigenvalue weighted by molar-refractivity contribution is 6.05. The monoisotopic (exact) mass is 384 g/mol. The molecule has 0 radical (unpaired) electrons. The third-order valence-corrected chi connectivity index (χ3v) is 6.23. The van der Waals surface area contributed by atoms with Crippen LogP contribution in [0.5, 0.6) is 0 Å². The highest BCUT2D eigenvalue weighted by atomic mass is 16.2. The van der Waals surface area contributed by atoms with Gasteiger partial charge in [-0.3, -0.25) is 19.3 Å². The summed E-state index contributed by atoms with van der Waals surface area (Å²) in [6, 6.07) is 8.26. The lowest BCUT2D eigenvalue weighted by atomic mass is 9.81. The van der Waals surface area contributed by atoms with Gasteiger partial charge in [0.25, 0.3) is 0 Å². The first kappa shape index (κ1) is 20.6. The van der Waals surface area contributed by atoms with Crippen LogP contribution in [0.1, 0.15) is 70.0 Å². The number of hydrogen-bond acceptors (Lipinski definition) is 3. The summed E-state index contributed by atoms with van der Waals surface area (Å²) >= 11 is 0. The van der Waals surface area contributed by atoms with Crippen LogP contribution >= 0.6 is 0 Å². The van der Waals surface area contributed by atoms with Crippen LogP contribution in [0.4, 0.5) is 0 Å². The number of hydrogen-bond donors (Lipinski definition) is 1. The molecule has 1 saturated carbocycles. The number of rotatable bonds is 7. The molecule has 2 fully saturated rings. The Morgan fingerprint density at radius 2 is 1.64 bits per heavy atom. The van der Waals surface area contributed by atoms with Crippen LogP contribution in [0, 0.1) is 17.8 Å². The van der Waals surface area contributed by atoms with Crippen molar-refractivity contribution in [3.05, 3.63) is 35.4 Å². The summed E-state index contributed by atoms with van der Waals surface area (Å²) in [4.78, 5) is 39.0. The Kier molecular flexibility index (Phi) is 6.53. The van der Waals surface area contributed by atoms with Gasteiger partial charge in [-0.1, -0.05) is 57.9 Å². The fourth-order valence-electron chi connectivity index (χ4n) is 4.51. The third-order valence-electron chi connectivity index (χ3n) is 6.23. The zero-order valence-electron chi connectivity index (χ0n) is 17.2. The van der Waals surface area contributed by atoms with Gasteiger partial charge in [-0.15, -0.1) is 0 Å². The molecule has 152 valence electrons. The van der Waals surface area contributed by atoms with Crippen LogP contribution in [0.15, 0.2) is 24.3 Å². The first-order valence-electron chi connectivity index (χ1n) is 10.7. The molecular formula is C23H32N2O3. The smallest absolute Gasteiger partial charge is 0.233 e. The second kappa shape index (κ2) is 8.89. The molecular weight excluding hydrogens is 352 g/mol. The molecule has 0 unspecified atom stereocenters. The molecule has 5 nitrogen and oxygen atoms in total. The minimum absolute atomic E-state index is 0.0712. The lowest BCUT2D eigenvalue weighted by molar-refractivity contribution is -0.140. The van der Waals surface area contributed by atoms with Crippen LogP contribution in [0.3, 0.4) is 0 Å². The molecule has 1 aliphatic heterocycles. The number of carbonyl (C=O) groups excluding carboxylic acids is 3. The second-order valence-corrected chi connectivity index (χ2v) is 8.46. The number of carbonyl (C=O) groups is 3.